The molecule has 0 saturated carbocycles. The van der Waals surface area contributed by atoms with Crippen molar-refractivity contribution in [3.63, 3.8) is 0 Å². The summed E-state index contributed by atoms with van der Waals surface area (Å²) >= 11 is 0. The summed E-state index contributed by atoms with van der Waals surface area (Å²) in [5, 5.41) is 9.60. The largest absolute Gasteiger partial charge is 0.393 e. The van der Waals surface area contributed by atoms with Crippen LogP contribution < -0.4 is 11.2 Å². The number of aromatic amines is 1. The highest BCUT2D eigenvalue weighted by molar-refractivity contribution is 4.98. The van der Waals surface area contributed by atoms with Gasteiger partial charge in [-0.3, -0.25) is 14.3 Å². The molecule has 1 aromatic rings. The van der Waals surface area contributed by atoms with E-state index < -0.39 is 29.2 Å². The van der Waals surface area contributed by atoms with Crippen molar-refractivity contribution in [2.75, 3.05) is 27.4 Å². The van der Waals surface area contributed by atoms with Crippen LogP contribution in [0.25, 0.3) is 0 Å². The second-order valence-electron chi connectivity index (χ2n) is 4.71. The summed E-state index contributed by atoms with van der Waals surface area (Å²) in [6.07, 6.45) is 0.674. The van der Waals surface area contributed by atoms with Crippen LogP contribution in [0.3, 0.4) is 0 Å². The number of aliphatic hydroxyl groups is 1. The van der Waals surface area contributed by atoms with E-state index >= 15 is 0 Å². The van der Waals surface area contributed by atoms with Crippen molar-refractivity contribution in [2.24, 2.45) is 0 Å². The predicted molar refractivity (Wildman–Crippen MR) is 68.6 cm³/mol. The average molecular weight is 286 g/mol. The van der Waals surface area contributed by atoms with Gasteiger partial charge in [-0.1, -0.05) is 0 Å². The zero-order chi connectivity index (χ0) is 14.8. The Kier molecular flexibility index (Phi) is 4.39. The third-order valence-corrected chi connectivity index (χ3v) is 3.48. The minimum absolute atomic E-state index is 0.136. The van der Waals surface area contributed by atoms with Gasteiger partial charge in [-0.05, 0) is 0 Å². The van der Waals surface area contributed by atoms with Crippen LogP contribution in [0.5, 0.6) is 0 Å². The third kappa shape index (κ3) is 2.55. The molecule has 3 atom stereocenters. The lowest BCUT2D eigenvalue weighted by atomic mass is 9.98. The number of H-pyrrole nitrogens is 1. The molecule has 1 saturated heterocycles. The van der Waals surface area contributed by atoms with E-state index in [0.717, 1.165) is 0 Å². The SMILES string of the molecule is COC[C@@]1(CO)O[C@@H](n2ccc(=O)[nH]c2=O)C[C@H]1OC. The normalized spacial score (nSPS) is 29.8. The predicted octanol–water partition coefficient (Wildman–Crippen LogP) is -1.15. The summed E-state index contributed by atoms with van der Waals surface area (Å²) < 4.78 is 17.5. The number of nitrogens with one attached hydrogen (secondary N) is 1. The molecule has 112 valence electrons. The molecule has 1 fully saturated rings. The first-order chi connectivity index (χ1) is 9.56. The second kappa shape index (κ2) is 5.88. The van der Waals surface area contributed by atoms with Gasteiger partial charge in [0.2, 0.25) is 0 Å². The van der Waals surface area contributed by atoms with Crippen molar-refractivity contribution in [3.05, 3.63) is 33.1 Å². The number of ether oxygens (including phenoxy) is 3. The van der Waals surface area contributed by atoms with Gasteiger partial charge >= 0.3 is 5.69 Å². The maximum absolute atomic E-state index is 11.8. The molecule has 0 aliphatic carbocycles. The number of nitrogens with zero attached hydrogens (tertiary/aromatic N) is 1. The van der Waals surface area contributed by atoms with Crippen molar-refractivity contribution in [2.45, 2.75) is 24.4 Å². The third-order valence-electron chi connectivity index (χ3n) is 3.48. The molecular weight excluding hydrogens is 268 g/mol. The monoisotopic (exact) mass is 286 g/mol. The van der Waals surface area contributed by atoms with E-state index in [1.54, 1.807) is 0 Å². The molecule has 0 aromatic carbocycles. The zero-order valence-corrected chi connectivity index (χ0v) is 11.4. The number of hydrogen-bond donors (Lipinski definition) is 2. The molecule has 0 spiro atoms. The Balaban J connectivity index is 2.32. The van der Waals surface area contributed by atoms with E-state index in [2.05, 4.69) is 4.98 Å². The van der Waals surface area contributed by atoms with Crippen LogP contribution in [0.2, 0.25) is 0 Å². The van der Waals surface area contributed by atoms with Crippen molar-refractivity contribution in [1.29, 1.82) is 0 Å². The van der Waals surface area contributed by atoms with E-state index in [1.807, 2.05) is 0 Å². The van der Waals surface area contributed by atoms with E-state index in [9.17, 15) is 14.7 Å². The van der Waals surface area contributed by atoms with Crippen LogP contribution in [-0.2, 0) is 14.2 Å². The fourth-order valence-corrected chi connectivity index (χ4v) is 2.48. The summed E-state index contributed by atoms with van der Waals surface area (Å²) in [7, 11) is 3.00. The molecule has 1 aromatic heterocycles. The molecule has 1 aliphatic heterocycles. The lowest BCUT2D eigenvalue weighted by molar-refractivity contribution is -0.161. The first-order valence-electron chi connectivity index (χ1n) is 6.18. The van der Waals surface area contributed by atoms with E-state index in [0.29, 0.717) is 6.42 Å². The molecule has 0 amide bonds. The Morgan fingerprint density at radius 1 is 1.55 bits per heavy atom. The fraction of sp³-hybridized carbons (Fsp3) is 0.667. The smallest absolute Gasteiger partial charge is 0.330 e. The summed E-state index contributed by atoms with van der Waals surface area (Å²) in [6, 6.07) is 1.24. The summed E-state index contributed by atoms with van der Waals surface area (Å²) in [5.41, 5.74) is -2.06. The highest BCUT2D eigenvalue weighted by atomic mass is 16.6. The van der Waals surface area contributed by atoms with Crippen LogP contribution in [0.15, 0.2) is 21.9 Å². The minimum atomic E-state index is -1.02. The lowest BCUT2D eigenvalue weighted by Crippen LogP contribution is -2.48. The van der Waals surface area contributed by atoms with Crippen LogP contribution >= 0.6 is 0 Å². The number of hydrogen-bond acceptors (Lipinski definition) is 6. The maximum Gasteiger partial charge on any atom is 0.330 e. The molecular formula is C12H18N2O6. The molecule has 8 heteroatoms. The Morgan fingerprint density at radius 2 is 2.30 bits per heavy atom. The Labute approximate surface area is 114 Å². The molecule has 0 radical (unpaired) electrons. The number of aliphatic hydroxyl groups excluding tert-OH is 1. The van der Waals surface area contributed by atoms with Gasteiger partial charge in [0.15, 0.2) is 0 Å². The number of methoxy groups -OCH3 is 2. The summed E-state index contributed by atoms with van der Waals surface area (Å²) in [4.78, 5) is 25.0. The van der Waals surface area contributed by atoms with Gasteiger partial charge < -0.3 is 19.3 Å². The van der Waals surface area contributed by atoms with Crippen LogP contribution in [0.1, 0.15) is 12.6 Å². The van der Waals surface area contributed by atoms with Gasteiger partial charge in [0.25, 0.3) is 5.56 Å². The number of aromatic nitrogens is 2. The summed E-state index contributed by atoms with van der Waals surface area (Å²) in [5.74, 6) is 0. The second-order valence-corrected chi connectivity index (χ2v) is 4.71. The van der Waals surface area contributed by atoms with Gasteiger partial charge in [-0.15, -0.1) is 0 Å². The van der Waals surface area contributed by atoms with Gasteiger partial charge in [0, 0.05) is 32.9 Å². The minimum Gasteiger partial charge on any atom is -0.393 e. The van der Waals surface area contributed by atoms with Crippen molar-refractivity contribution >= 4 is 0 Å². The van der Waals surface area contributed by atoms with Crippen LogP contribution in [-0.4, -0.2) is 53.8 Å². The van der Waals surface area contributed by atoms with E-state index in [-0.39, 0.29) is 13.2 Å². The number of rotatable bonds is 5. The van der Waals surface area contributed by atoms with E-state index in [4.69, 9.17) is 14.2 Å². The van der Waals surface area contributed by atoms with Gasteiger partial charge in [-0.25, -0.2) is 4.79 Å². The quantitative estimate of drug-likeness (QED) is 0.708. The zero-order valence-electron chi connectivity index (χ0n) is 11.4. The van der Waals surface area contributed by atoms with Gasteiger partial charge in [0.1, 0.15) is 11.8 Å². The van der Waals surface area contributed by atoms with Crippen molar-refractivity contribution < 1.29 is 19.3 Å². The van der Waals surface area contributed by atoms with Crippen molar-refractivity contribution in [3.8, 4) is 0 Å². The summed E-state index contributed by atoms with van der Waals surface area (Å²) in [6.45, 7) is -0.162. The van der Waals surface area contributed by atoms with Crippen LogP contribution in [0.4, 0.5) is 0 Å². The molecule has 0 bridgehead atoms. The molecule has 2 rings (SSSR count). The Hall–Kier alpha value is -1.48. The standard InChI is InChI=1S/C12H18N2O6/c1-18-7-12(6-15)8(19-2)5-10(20-12)14-4-3-9(16)13-11(14)17/h3-4,8,10,15H,5-7H2,1-2H3,(H,13,16,17)/t8-,10-,12-/m1/s1. The molecule has 8 nitrogen and oxygen atoms in total. The fourth-order valence-electron chi connectivity index (χ4n) is 2.48. The molecule has 0 unspecified atom stereocenters. The topological polar surface area (TPSA) is 103 Å². The molecule has 20 heavy (non-hydrogen) atoms. The van der Waals surface area contributed by atoms with Crippen molar-refractivity contribution in [1.82, 2.24) is 9.55 Å². The van der Waals surface area contributed by atoms with Gasteiger partial charge in [-0.2, -0.15) is 0 Å². The van der Waals surface area contributed by atoms with Crippen LogP contribution in [0, 0.1) is 0 Å². The Morgan fingerprint density at radius 3 is 2.85 bits per heavy atom. The Bertz CT molecular complexity index is 568. The average Bonchev–Trinajstić information content (AvgIpc) is 2.78. The highest BCUT2D eigenvalue weighted by Crippen LogP contribution is 2.37. The van der Waals surface area contributed by atoms with E-state index in [1.165, 1.54) is 31.0 Å². The first-order valence-corrected chi connectivity index (χ1v) is 6.18. The highest BCUT2D eigenvalue weighted by Gasteiger charge is 2.50. The lowest BCUT2D eigenvalue weighted by Gasteiger charge is -2.30. The molecule has 2 heterocycles. The van der Waals surface area contributed by atoms with Gasteiger partial charge in [0.05, 0.1) is 19.3 Å². The molecule has 1 aliphatic rings. The molecule has 2 N–H and O–H groups in total. The first kappa shape index (κ1) is 14.9. The maximum atomic E-state index is 11.8.